The third-order valence-corrected chi connectivity index (χ3v) is 2.65. The van der Waals surface area contributed by atoms with Gasteiger partial charge in [0.05, 0.1) is 6.54 Å². The second-order valence-electron chi connectivity index (χ2n) is 4.16. The Hall–Kier alpha value is -1.66. The first-order chi connectivity index (χ1) is 7.82. The van der Waals surface area contributed by atoms with E-state index in [0.717, 1.165) is 4.90 Å². The van der Waals surface area contributed by atoms with Crippen LogP contribution in [0.5, 0.6) is 0 Å². The number of nitrogens with two attached hydrogens (primary N) is 1. The summed E-state index contributed by atoms with van der Waals surface area (Å²) in [4.78, 5) is 34.9. The Balaban J connectivity index is 2.73. The van der Waals surface area contributed by atoms with Crippen molar-refractivity contribution in [1.29, 1.82) is 0 Å². The quantitative estimate of drug-likeness (QED) is 0.663. The molecule has 3 N–H and O–H groups in total. The summed E-state index contributed by atoms with van der Waals surface area (Å²) < 4.78 is 13.2. The highest BCUT2D eigenvalue weighted by Gasteiger charge is 2.40. The normalized spacial score (nSPS) is 25.5. The van der Waals surface area contributed by atoms with Gasteiger partial charge in [0.15, 0.2) is 0 Å². The number of amides is 3. The Morgan fingerprint density at radius 1 is 1.47 bits per heavy atom. The first-order valence-electron chi connectivity index (χ1n) is 5.34. The minimum atomic E-state index is -1.25. The van der Waals surface area contributed by atoms with Gasteiger partial charge in [0.25, 0.3) is 0 Å². The number of rotatable bonds is 3. The largest absolute Gasteiger partial charge is 0.368 e. The molecule has 1 aliphatic rings. The van der Waals surface area contributed by atoms with Crippen molar-refractivity contribution in [3.8, 4) is 0 Å². The highest BCUT2D eigenvalue weighted by molar-refractivity contribution is 5.91. The van der Waals surface area contributed by atoms with Crippen LogP contribution in [0.3, 0.4) is 0 Å². The summed E-state index contributed by atoms with van der Waals surface area (Å²) in [6, 6.07) is -1.71. The number of alkyl halides is 1. The maximum absolute atomic E-state index is 13.2. The first-order valence-corrected chi connectivity index (χ1v) is 5.34. The molecule has 7 heteroatoms. The van der Waals surface area contributed by atoms with E-state index in [0.29, 0.717) is 0 Å². The van der Waals surface area contributed by atoms with E-state index < -0.39 is 30.1 Å². The maximum atomic E-state index is 13.2. The molecule has 1 fully saturated rings. The zero-order chi connectivity index (χ0) is 13.2. The van der Waals surface area contributed by atoms with Crippen LogP contribution in [0.15, 0.2) is 0 Å². The van der Waals surface area contributed by atoms with E-state index in [1.165, 1.54) is 13.8 Å². The summed E-state index contributed by atoms with van der Waals surface area (Å²) in [5.74, 6) is -1.59. The van der Waals surface area contributed by atoms with Crippen LogP contribution in [0.1, 0.15) is 20.3 Å². The van der Waals surface area contributed by atoms with Crippen LogP contribution in [0.2, 0.25) is 0 Å². The van der Waals surface area contributed by atoms with Crippen molar-refractivity contribution in [2.75, 3.05) is 6.54 Å². The average molecular weight is 245 g/mol. The number of primary amides is 1. The van der Waals surface area contributed by atoms with Crippen molar-refractivity contribution < 1.29 is 18.8 Å². The molecule has 6 nitrogen and oxygen atoms in total. The topological polar surface area (TPSA) is 92.5 Å². The summed E-state index contributed by atoms with van der Waals surface area (Å²) in [7, 11) is 0. The Kier molecular flexibility index (Phi) is 4.03. The highest BCUT2D eigenvalue weighted by Crippen LogP contribution is 2.21. The van der Waals surface area contributed by atoms with E-state index in [1.807, 2.05) is 0 Å². The predicted molar refractivity (Wildman–Crippen MR) is 57.5 cm³/mol. The molecule has 0 saturated carbocycles. The predicted octanol–water partition coefficient (Wildman–Crippen LogP) is -1.06. The van der Waals surface area contributed by atoms with E-state index in [9.17, 15) is 18.8 Å². The van der Waals surface area contributed by atoms with Crippen LogP contribution in [0.4, 0.5) is 4.39 Å². The SMILES string of the molecule is CC(=O)N[C@@H](C)C(=O)N1C[C@@H](F)C[C@H]1C(N)=O. The van der Waals surface area contributed by atoms with Gasteiger partial charge in [0.1, 0.15) is 18.3 Å². The molecule has 0 aliphatic carbocycles. The fourth-order valence-corrected chi connectivity index (χ4v) is 1.91. The second kappa shape index (κ2) is 5.11. The number of carbonyl (C=O) groups is 3. The molecule has 1 rings (SSSR count). The number of halogens is 1. The Morgan fingerprint density at radius 2 is 2.06 bits per heavy atom. The summed E-state index contributed by atoms with van der Waals surface area (Å²) in [6.45, 7) is 2.60. The third-order valence-electron chi connectivity index (χ3n) is 2.65. The molecule has 1 heterocycles. The molecule has 0 radical (unpaired) electrons. The molecular weight excluding hydrogens is 229 g/mol. The van der Waals surface area contributed by atoms with Crippen LogP contribution in [0.25, 0.3) is 0 Å². The number of hydrogen-bond acceptors (Lipinski definition) is 3. The summed E-state index contributed by atoms with van der Waals surface area (Å²) >= 11 is 0. The molecule has 0 aromatic rings. The van der Waals surface area contributed by atoms with Gasteiger partial charge in [-0.3, -0.25) is 14.4 Å². The molecule has 0 aromatic carbocycles. The molecular formula is C10H16FN3O3. The lowest BCUT2D eigenvalue weighted by Gasteiger charge is -2.25. The minimum absolute atomic E-state index is 0.0755. The van der Waals surface area contributed by atoms with Crippen molar-refractivity contribution >= 4 is 17.7 Å². The molecule has 0 unspecified atom stereocenters. The zero-order valence-electron chi connectivity index (χ0n) is 9.77. The number of likely N-dealkylation sites (tertiary alicyclic amines) is 1. The van der Waals surface area contributed by atoms with Crippen LogP contribution in [-0.2, 0) is 14.4 Å². The fraction of sp³-hybridized carbons (Fsp3) is 0.700. The lowest BCUT2D eigenvalue weighted by atomic mass is 10.2. The average Bonchev–Trinajstić information content (AvgIpc) is 2.58. The smallest absolute Gasteiger partial charge is 0.245 e. The van der Waals surface area contributed by atoms with Gasteiger partial charge in [0.2, 0.25) is 17.7 Å². The van der Waals surface area contributed by atoms with Gasteiger partial charge in [-0.05, 0) is 6.92 Å². The van der Waals surface area contributed by atoms with Gasteiger partial charge in [-0.15, -0.1) is 0 Å². The number of nitrogens with one attached hydrogen (secondary N) is 1. The third kappa shape index (κ3) is 3.15. The molecule has 1 saturated heterocycles. The van der Waals surface area contributed by atoms with E-state index in [2.05, 4.69) is 5.32 Å². The van der Waals surface area contributed by atoms with E-state index >= 15 is 0 Å². The van der Waals surface area contributed by atoms with Crippen LogP contribution in [0, 0.1) is 0 Å². The standard InChI is InChI=1S/C10H16FN3O3/c1-5(13-6(2)15)10(17)14-4-7(11)3-8(14)9(12)16/h5,7-8H,3-4H2,1-2H3,(H2,12,16)(H,13,15)/t5-,7-,8-/m0/s1. The first kappa shape index (κ1) is 13.4. The monoisotopic (exact) mass is 245 g/mol. The maximum Gasteiger partial charge on any atom is 0.245 e. The molecule has 96 valence electrons. The second-order valence-corrected chi connectivity index (χ2v) is 4.16. The fourth-order valence-electron chi connectivity index (χ4n) is 1.91. The van der Waals surface area contributed by atoms with Gasteiger partial charge in [-0.2, -0.15) is 0 Å². The molecule has 17 heavy (non-hydrogen) atoms. The molecule has 0 spiro atoms. The van der Waals surface area contributed by atoms with Gasteiger partial charge in [-0.25, -0.2) is 4.39 Å². The summed E-state index contributed by atoms with van der Waals surface area (Å²) in [6.07, 6.45) is -1.32. The lowest BCUT2D eigenvalue weighted by Crippen LogP contribution is -2.51. The minimum Gasteiger partial charge on any atom is -0.368 e. The van der Waals surface area contributed by atoms with Gasteiger partial charge < -0.3 is 16.0 Å². The van der Waals surface area contributed by atoms with Crippen molar-refractivity contribution in [2.45, 2.75) is 38.5 Å². The van der Waals surface area contributed by atoms with E-state index in [1.54, 1.807) is 0 Å². The lowest BCUT2D eigenvalue weighted by molar-refractivity contribution is -0.140. The van der Waals surface area contributed by atoms with Crippen LogP contribution < -0.4 is 11.1 Å². The van der Waals surface area contributed by atoms with E-state index in [4.69, 9.17) is 5.73 Å². The molecule has 1 aliphatic heterocycles. The Morgan fingerprint density at radius 3 is 2.53 bits per heavy atom. The summed E-state index contributed by atoms with van der Waals surface area (Å²) in [5, 5.41) is 2.39. The Bertz CT molecular complexity index is 348. The van der Waals surface area contributed by atoms with Crippen molar-refractivity contribution in [3.05, 3.63) is 0 Å². The molecule has 0 bridgehead atoms. The molecule has 3 amide bonds. The van der Waals surface area contributed by atoms with Crippen molar-refractivity contribution in [3.63, 3.8) is 0 Å². The van der Waals surface area contributed by atoms with Crippen molar-refractivity contribution in [2.24, 2.45) is 5.73 Å². The Labute approximate surface area is 98.3 Å². The highest BCUT2D eigenvalue weighted by atomic mass is 19.1. The van der Waals surface area contributed by atoms with E-state index in [-0.39, 0.29) is 18.9 Å². The zero-order valence-corrected chi connectivity index (χ0v) is 9.77. The van der Waals surface area contributed by atoms with Crippen molar-refractivity contribution in [1.82, 2.24) is 10.2 Å². The van der Waals surface area contributed by atoms with Crippen LogP contribution >= 0.6 is 0 Å². The van der Waals surface area contributed by atoms with Crippen LogP contribution in [-0.4, -0.2) is 47.4 Å². The molecule has 3 atom stereocenters. The van der Waals surface area contributed by atoms with Gasteiger partial charge >= 0.3 is 0 Å². The molecule has 0 aromatic heterocycles. The van der Waals surface area contributed by atoms with Gasteiger partial charge in [-0.1, -0.05) is 0 Å². The number of carbonyl (C=O) groups excluding carboxylic acids is 3. The number of hydrogen-bond donors (Lipinski definition) is 2. The summed E-state index contributed by atoms with van der Waals surface area (Å²) in [5.41, 5.74) is 5.10. The van der Waals surface area contributed by atoms with Gasteiger partial charge in [0, 0.05) is 13.3 Å². The number of nitrogens with zero attached hydrogens (tertiary/aromatic N) is 1.